The lowest BCUT2D eigenvalue weighted by Gasteiger charge is -2.31. The average Bonchev–Trinajstić information content (AvgIpc) is 2.11. The van der Waals surface area contributed by atoms with E-state index >= 15 is 0 Å². The van der Waals surface area contributed by atoms with Gasteiger partial charge in [0, 0.05) is 19.3 Å². The Kier molecular flexibility index (Phi) is 5.82. The van der Waals surface area contributed by atoms with Gasteiger partial charge in [0.1, 0.15) is 0 Å². The Bertz CT molecular complexity index is 300. The molecule has 122 valence electrons. The van der Waals surface area contributed by atoms with Crippen molar-refractivity contribution in [2.45, 2.75) is 63.5 Å². The molecule has 0 aliphatic heterocycles. The van der Waals surface area contributed by atoms with Crippen LogP contribution in [0.2, 0.25) is 0 Å². The smallest absolute Gasteiger partial charge is 0.234 e. The van der Waals surface area contributed by atoms with Crippen LogP contribution >= 0.6 is 0 Å². The predicted molar refractivity (Wildman–Crippen MR) is 54.2 cm³/mol. The van der Waals surface area contributed by atoms with Gasteiger partial charge in [-0.1, -0.05) is 13.3 Å². The minimum atomic E-state index is -5.55. The van der Waals surface area contributed by atoms with Gasteiger partial charge in [0.25, 0.3) is 0 Å². The van der Waals surface area contributed by atoms with Gasteiger partial charge in [-0.3, -0.25) is 0 Å². The first-order chi connectivity index (χ1) is 8.62. The lowest BCUT2D eigenvalue weighted by Crippen LogP contribution is -2.43. The molecule has 0 saturated heterocycles. The Labute approximate surface area is 110 Å². The third kappa shape index (κ3) is 5.78. The van der Waals surface area contributed by atoms with Gasteiger partial charge in [-0.05, 0) is 6.92 Å². The van der Waals surface area contributed by atoms with Crippen LogP contribution in [0.3, 0.4) is 0 Å². The number of hydrogen-bond acceptors (Lipinski definition) is 0. The van der Waals surface area contributed by atoms with Crippen molar-refractivity contribution in [3.05, 3.63) is 0 Å². The first kappa shape index (κ1) is 19.4. The molecule has 0 spiro atoms. The van der Waals surface area contributed by atoms with E-state index in [9.17, 15) is 39.5 Å². The zero-order valence-electron chi connectivity index (χ0n) is 10.8. The number of hydrogen-bond donors (Lipinski definition) is 0. The van der Waals surface area contributed by atoms with Gasteiger partial charge in [-0.15, -0.1) is 0 Å². The van der Waals surface area contributed by atoms with E-state index in [1.54, 1.807) is 0 Å². The van der Waals surface area contributed by atoms with E-state index in [4.69, 9.17) is 0 Å². The second kappa shape index (κ2) is 6.01. The highest BCUT2D eigenvalue weighted by Gasteiger charge is 2.57. The Morgan fingerprint density at radius 1 is 0.800 bits per heavy atom. The highest BCUT2D eigenvalue weighted by molar-refractivity contribution is 4.89. The summed E-state index contributed by atoms with van der Waals surface area (Å²) in [4.78, 5) is 0. The van der Waals surface area contributed by atoms with Crippen LogP contribution in [-0.2, 0) is 0 Å². The third-order valence-electron chi connectivity index (χ3n) is 2.84. The van der Waals surface area contributed by atoms with Crippen molar-refractivity contribution in [2.24, 2.45) is 5.92 Å². The molecule has 0 aromatic rings. The second-order valence-corrected chi connectivity index (χ2v) is 4.95. The molecule has 0 aromatic heterocycles. The number of rotatable bonds is 6. The van der Waals surface area contributed by atoms with Crippen LogP contribution < -0.4 is 0 Å². The van der Waals surface area contributed by atoms with Gasteiger partial charge < -0.3 is 0 Å². The summed E-state index contributed by atoms with van der Waals surface area (Å²) in [6.07, 6.45) is -15.8. The van der Waals surface area contributed by atoms with Crippen LogP contribution in [0.15, 0.2) is 0 Å². The molecule has 0 rings (SSSR count). The molecule has 0 nitrogen and oxygen atoms in total. The molecule has 20 heavy (non-hydrogen) atoms. The molecular weight excluding hydrogens is 303 g/mol. The van der Waals surface area contributed by atoms with Crippen LogP contribution in [0.4, 0.5) is 39.5 Å². The van der Waals surface area contributed by atoms with Crippen molar-refractivity contribution in [1.29, 1.82) is 0 Å². The standard InChI is InChI=1S/C11H15F9/c1-3-4-9(13,14)6-7(10(15,16)17)5-8(2,12)11(18,19)20/h7H,3-6H2,1-2H3. The van der Waals surface area contributed by atoms with Gasteiger partial charge in [-0.25, -0.2) is 13.2 Å². The Balaban J connectivity index is 5.12. The largest absolute Gasteiger partial charge is 0.422 e. The van der Waals surface area contributed by atoms with Gasteiger partial charge in [0.15, 0.2) is 0 Å². The third-order valence-corrected chi connectivity index (χ3v) is 2.84. The molecule has 0 aliphatic rings. The second-order valence-electron chi connectivity index (χ2n) is 4.95. The molecule has 0 aromatic carbocycles. The van der Waals surface area contributed by atoms with E-state index in [2.05, 4.69) is 0 Å². The highest BCUT2D eigenvalue weighted by Crippen LogP contribution is 2.46. The zero-order valence-corrected chi connectivity index (χ0v) is 10.8. The van der Waals surface area contributed by atoms with Crippen molar-refractivity contribution in [3.8, 4) is 0 Å². The SMILES string of the molecule is CCCC(F)(F)CC(CC(C)(F)C(F)(F)F)C(F)(F)F. The fraction of sp³-hybridized carbons (Fsp3) is 1.00. The minimum Gasteiger partial charge on any atom is -0.234 e. The van der Waals surface area contributed by atoms with Gasteiger partial charge in [0.05, 0.1) is 5.92 Å². The van der Waals surface area contributed by atoms with Crippen molar-refractivity contribution in [3.63, 3.8) is 0 Å². The molecule has 0 fully saturated rings. The average molecular weight is 318 g/mol. The predicted octanol–water partition coefficient (Wildman–Crippen LogP) is 5.67. The van der Waals surface area contributed by atoms with Crippen molar-refractivity contribution < 1.29 is 39.5 Å². The number of halogens is 9. The quantitative estimate of drug-likeness (QED) is 0.553. The Hall–Kier alpha value is -0.630. The monoisotopic (exact) mass is 318 g/mol. The molecule has 0 amide bonds. The molecule has 2 unspecified atom stereocenters. The molecule has 0 N–H and O–H groups in total. The summed E-state index contributed by atoms with van der Waals surface area (Å²) >= 11 is 0. The highest BCUT2D eigenvalue weighted by atomic mass is 19.4. The van der Waals surface area contributed by atoms with E-state index in [-0.39, 0.29) is 13.3 Å². The molecule has 0 heterocycles. The maximum atomic E-state index is 13.3. The topological polar surface area (TPSA) is 0 Å². The van der Waals surface area contributed by atoms with E-state index < -0.39 is 49.1 Å². The maximum absolute atomic E-state index is 13.3. The fourth-order valence-electron chi connectivity index (χ4n) is 1.71. The normalized spacial score (nSPS) is 18.8. The lowest BCUT2D eigenvalue weighted by molar-refractivity contribution is -0.254. The van der Waals surface area contributed by atoms with Crippen LogP contribution in [0.5, 0.6) is 0 Å². The number of alkyl halides is 9. The Morgan fingerprint density at radius 3 is 1.55 bits per heavy atom. The summed E-state index contributed by atoms with van der Waals surface area (Å²) in [5, 5.41) is 0. The Morgan fingerprint density at radius 2 is 1.25 bits per heavy atom. The minimum absolute atomic E-state index is 0.0797. The van der Waals surface area contributed by atoms with Crippen molar-refractivity contribution in [2.75, 3.05) is 0 Å². The molecule has 0 radical (unpaired) electrons. The van der Waals surface area contributed by atoms with E-state index in [1.807, 2.05) is 0 Å². The maximum Gasteiger partial charge on any atom is 0.422 e. The van der Waals surface area contributed by atoms with Crippen LogP contribution in [0, 0.1) is 5.92 Å². The molecule has 0 bridgehead atoms. The summed E-state index contributed by atoms with van der Waals surface area (Å²) in [6, 6.07) is 0. The summed E-state index contributed by atoms with van der Waals surface area (Å²) in [7, 11) is 0. The summed E-state index contributed by atoms with van der Waals surface area (Å²) < 4.78 is 114. The first-order valence-electron chi connectivity index (χ1n) is 5.82. The van der Waals surface area contributed by atoms with Crippen molar-refractivity contribution >= 4 is 0 Å². The van der Waals surface area contributed by atoms with Crippen LogP contribution in [0.25, 0.3) is 0 Å². The van der Waals surface area contributed by atoms with Crippen LogP contribution in [0.1, 0.15) is 39.5 Å². The van der Waals surface area contributed by atoms with E-state index in [1.165, 1.54) is 6.92 Å². The van der Waals surface area contributed by atoms with E-state index in [0.29, 0.717) is 0 Å². The summed E-state index contributed by atoms with van der Waals surface area (Å²) in [5.74, 6) is -6.84. The summed E-state index contributed by atoms with van der Waals surface area (Å²) in [5.41, 5.74) is -4.17. The molecule has 2 atom stereocenters. The zero-order chi connectivity index (χ0) is 16.4. The first-order valence-corrected chi connectivity index (χ1v) is 5.82. The summed E-state index contributed by atoms with van der Waals surface area (Å²) in [6.45, 7) is 1.22. The van der Waals surface area contributed by atoms with Gasteiger partial charge in [0.2, 0.25) is 11.6 Å². The molecular formula is C11H15F9. The van der Waals surface area contributed by atoms with Gasteiger partial charge >= 0.3 is 12.4 Å². The van der Waals surface area contributed by atoms with Crippen molar-refractivity contribution in [1.82, 2.24) is 0 Å². The molecule has 9 heteroatoms. The lowest BCUT2D eigenvalue weighted by atomic mass is 9.87. The van der Waals surface area contributed by atoms with Gasteiger partial charge in [-0.2, -0.15) is 26.3 Å². The van der Waals surface area contributed by atoms with E-state index in [0.717, 1.165) is 0 Å². The molecule has 0 saturated carbocycles. The fourth-order valence-corrected chi connectivity index (χ4v) is 1.71. The molecule has 0 aliphatic carbocycles. The van der Waals surface area contributed by atoms with Crippen LogP contribution in [-0.4, -0.2) is 23.9 Å².